The zero-order valence-electron chi connectivity index (χ0n) is 33.0. The van der Waals surface area contributed by atoms with Gasteiger partial charge in [-0.2, -0.15) is 0 Å². The van der Waals surface area contributed by atoms with Crippen LogP contribution in [0.15, 0.2) is 206 Å². The summed E-state index contributed by atoms with van der Waals surface area (Å²) in [5.41, 5.74) is 14.2. The average molecular weight is 762 g/mol. The van der Waals surface area contributed by atoms with Crippen LogP contribution >= 0.6 is 11.3 Å². The lowest BCUT2D eigenvalue weighted by molar-refractivity contribution is 0.590. The summed E-state index contributed by atoms with van der Waals surface area (Å²) in [5, 5.41) is 5.07. The number of rotatable bonds is 7. The van der Waals surface area contributed by atoms with Crippen molar-refractivity contribution in [1.29, 1.82) is 0 Å². The Balaban J connectivity index is 1.31. The summed E-state index contributed by atoms with van der Waals surface area (Å²) in [4.78, 5) is 2.55. The zero-order valence-corrected chi connectivity index (χ0v) is 33.8. The van der Waals surface area contributed by atoms with Crippen molar-refractivity contribution in [2.45, 2.75) is 26.2 Å². The van der Waals surface area contributed by atoms with Crippen LogP contribution in [0, 0.1) is 0 Å². The minimum atomic E-state index is -0.0719. The third kappa shape index (κ3) is 6.27. The summed E-state index contributed by atoms with van der Waals surface area (Å²) in [7, 11) is 0. The minimum Gasteiger partial charge on any atom is -0.309 e. The fraction of sp³-hybridized carbons (Fsp3) is 0.0714. The molecule has 1 heterocycles. The highest BCUT2D eigenvalue weighted by molar-refractivity contribution is 7.26. The quantitative estimate of drug-likeness (QED) is 0.156. The molecule has 0 saturated heterocycles. The number of benzene rings is 9. The van der Waals surface area contributed by atoms with E-state index < -0.39 is 0 Å². The van der Waals surface area contributed by atoms with E-state index in [1.165, 1.54) is 81.0 Å². The van der Waals surface area contributed by atoms with Crippen LogP contribution in [0.3, 0.4) is 0 Å². The highest BCUT2D eigenvalue weighted by atomic mass is 32.1. The second kappa shape index (κ2) is 14.6. The van der Waals surface area contributed by atoms with Gasteiger partial charge < -0.3 is 4.90 Å². The molecule has 0 unspecified atom stereocenters. The zero-order chi connectivity index (χ0) is 39.2. The standard InChI is InChI=1S/C56H43NS/c1-56(2,3)41-35-36-42(38-19-6-4-7-20-38)52(37-41)57(51-33-14-11-26-45(51)48-30-18-31-49-46-27-12-15-34-53(46)58-55(48)49)50-32-13-10-25-44(50)47-29-17-24-40-23-16-28-43(54(40)47)39-21-8-5-9-22-39/h4-37H,1-3H3. The summed E-state index contributed by atoms with van der Waals surface area (Å²) >= 11 is 1.88. The molecule has 58 heavy (non-hydrogen) atoms. The van der Waals surface area contributed by atoms with Gasteiger partial charge in [-0.1, -0.05) is 203 Å². The van der Waals surface area contributed by atoms with E-state index in [4.69, 9.17) is 0 Å². The molecular formula is C56H43NS. The lowest BCUT2D eigenvalue weighted by atomic mass is 9.85. The van der Waals surface area contributed by atoms with Crippen LogP contribution in [0.25, 0.3) is 75.5 Å². The molecule has 10 rings (SSSR count). The molecule has 0 spiro atoms. The monoisotopic (exact) mass is 761 g/mol. The topological polar surface area (TPSA) is 3.24 Å². The van der Waals surface area contributed by atoms with E-state index >= 15 is 0 Å². The first-order valence-corrected chi connectivity index (χ1v) is 20.9. The smallest absolute Gasteiger partial charge is 0.0543 e. The van der Waals surface area contributed by atoms with Gasteiger partial charge in [0.15, 0.2) is 0 Å². The molecule has 278 valence electrons. The van der Waals surface area contributed by atoms with E-state index in [1.54, 1.807) is 0 Å². The number of anilines is 3. The van der Waals surface area contributed by atoms with Crippen molar-refractivity contribution < 1.29 is 0 Å². The second-order valence-corrected chi connectivity index (χ2v) is 17.1. The summed E-state index contributed by atoms with van der Waals surface area (Å²) in [6.45, 7) is 6.93. The van der Waals surface area contributed by atoms with Gasteiger partial charge in [-0.3, -0.25) is 0 Å². The number of hydrogen-bond donors (Lipinski definition) is 0. The van der Waals surface area contributed by atoms with E-state index in [9.17, 15) is 0 Å². The molecule has 0 N–H and O–H groups in total. The van der Waals surface area contributed by atoms with Crippen molar-refractivity contribution in [3.05, 3.63) is 212 Å². The summed E-state index contributed by atoms with van der Waals surface area (Å²) < 4.78 is 2.61. The number of hydrogen-bond acceptors (Lipinski definition) is 2. The molecule has 0 bridgehead atoms. The normalized spacial score (nSPS) is 11.7. The molecule has 0 atom stereocenters. The number of thiophene rings is 1. The van der Waals surface area contributed by atoms with Crippen molar-refractivity contribution in [3.63, 3.8) is 0 Å². The molecule has 9 aromatic carbocycles. The van der Waals surface area contributed by atoms with Gasteiger partial charge in [0.25, 0.3) is 0 Å². The SMILES string of the molecule is CC(C)(C)c1ccc(-c2ccccc2)c(N(c2ccccc2-c2cccc3c2sc2ccccc23)c2ccccc2-c2cccc3cccc(-c4ccccc4)c23)c1. The Bertz CT molecular complexity index is 3090. The molecule has 0 aliphatic rings. The lowest BCUT2D eigenvalue weighted by Crippen LogP contribution is -2.16. The number of fused-ring (bicyclic) bond motifs is 4. The van der Waals surface area contributed by atoms with Gasteiger partial charge in [-0.15, -0.1) is 11.3 Å². The molecule has 0 aliphatic heterocycles. The molecule has 0 aliphatic carbocycles. The van der Waals surface area contributed by atoms with E-state index in [-0.39, 0.29) is 5.41 Å². The maximum atomic E-state index is 2.55. The maximum absolute atomic E-state index is 2.55. The van der Waals surface area contributed by atoms with Crippen LogP contribution in [0.5, 0.6) is 0 Å². The van der Waals surface area contributed by atoms with Crippen LogP contribution in [0.1, 0.15) is 26.3 Å². The van der Waals surface area contributed by atoms with Crippen LogP contribution in [-0.2, 0) is 5.41 Å². The molecule has 0 amide bonds. The summed E-state index contributed by atoms with van der Waals surface area (Å²) in [5.74, 6) is 0. The third-order valence-electron chi connectivity index (χ3n) is 11.5. The van der Waals surface area contributed by atoms with Crippen molar-refractivity contribution in [3.8, 4) is 44.5 Å². The van der Waals surface area contributed by atoms with Crippen molar-refractivity contribution in [1.82, 2.24) is 0 Å². The predicted octanol–water partition coefficient (Wildman–Crippen LogP) is 16.6. The van der Waals surface area contributed by atoms with Gasteiger partial charge in [0.05, 0.1) is 17.1 Å². The predicted molar refractivity (Wildman–Crippen MR) is 252 cm³/mol. The van der Waals surface area contributed by atoms with Crippen LogP contribution in [0.2, 0.25) is 0 Å². The molecule has 0 saturated carbocycles. The molecule has 1 nitrogen and oxygen atoms in total. The summed E-state index contributed by atoms with van der Waals surface area (Å²) in [6.07, 6.45) is 0. The fourth-order valence-corrected chi connectivity index (χ4v) is 9.84. The Morgan fingerprint density at radius 1 is 0.379 bits per heavy atom. The second-order valence-electron chi connectivity index (χ2n) is 16.1. The van der Waals surface area contributed by atoms with Crippen molar-refractivity contribution >= 4 is 59.3 Å². The molecule has 1 aromatic heterocycles. The highest BCUT2D eigenvalue weighted by Crippen LogP contribution is 2.51. The van der Waals surface area contributed by atoms with Gasteiger partial charge in [0.1, 0.15) is 0 Å². The maximum Gasteiger partial charge on any atom is 0.0543 e. The molecule has 10 aromatic rings. The van der Waals surface area contributed by atoms with Crippen LogP contribution in [0.4, 0.5) is 17.1 Å². The van der Waals surface area contributed by atoms with Gasteiger partial charge in [-0.25, -0.2) is 0 Å². The Morgan fingerprint density at radius 2 is 0.897 bits per heavy atom. The van der Waals surface area contributed by atoms with E-state index in [1.807, 2.05) is 11.3 Å². The van der Waals surface area contributed by atoms with Gasteiger partial charge in [0, 0.05) is 42.4 Å². The Morgan fingerprint density at radius 3 is 1.59 bits per heavy atom. The molecule has 0 radical (unpaired) electrons. The molecule has 0 fully saturated rings. The highest BCUT2D eigenvalue weighted by Gasteiger charge is 2.27. The average Bonchev–Trinajstić information content (AvgIpc) is 3.66. The van der Waals surface area contributed by atoms with Crippen LogP contribution < -0.4 is 4.90 Å². The minimum absolute atomic E-state index is 0.0719. The van der Waals surface area contributed by atoms with Crippen LogP contribution in [-0.4, -0.2) is 0 Å². The Kier molecular flexibility index (Phi) is 9.00. The lowest BCUT2D eigenvalue weighted by Gasteiger charge is -2.33. The fourth-order valence-electron chi connectivity index (χ4n) is 8.61. The number of nitrogens with zero attached hydrogens (tertiary/aromatic N) is 1. The Hall–Kier alpha value is -6.74. The van der Waals surface area contributed by atoms with E-state index in [0.29, 0.717) is 0 Å². The third-order valence-corrected chi connectivity index (χ3v) is 12.7. The largest absolute Gasteiger partial charge is 0.309 e. The molecule has 2 heteroatoms. The molecular weight excluding hydrogens is 719 g/mol. The van der Waals surface area contributed by atoms with Gasteiger partial charge in [-0.05, 0) is 68.3 Å². The number of para-hydroxylation sites is 2. The van der Waals surface area contributed by atoms with E-state index in [0.717, 1.165) is 17.1 Å². The van der Waals surface area contributed by atoms with Crippen molar-refractivity contribution in [2.24, 2.45) is 0 Å². The summed E-state index contributed by atoms with van der Waals surface area (Å²) in [6, 6.07) is 75.8. The first-order valence-electron chi connectivity index (χ1n) is 20.1. The Labute approximate surface area is 345 Å². The van der Waals surface area contributed by atoms with Gasteiger partial charge >= 0.3 is 0 Å². The van der Waals surface area contributed by atoms with Gasteiger partial charge in [0.2, 0.25) is 0 Å². The van der Waals surface area contributed by atoms with E-state index in [2.05, 4.69) is 232 Å². The first-order chi connectivity index (χ1) is 28.4. The van der Waals surface area contributed by atoms with Crippen molar-refractivity contribution in [2.75, 3.05) is 4.90 Å². The first kappa shape index (κ1) is 35.7.